The zero-order valence-corrected chi connectivity index (χ0v) is 25.0. The lowest BCUT2D eigenvalue weighted by atomic mass is 10.0. The van der Waals surface area contributed by atoms with Gasteiger partial charge in [-0.3, -0.25) is 14.5 Å². The topological polar surface area (TPSA) is 88.1 Å². The van der Waals surface area contributed by atoms with Crippen LogP contribution in [0, 0.1) is 5.82 Å². The van der Waals surface area contributed by atoms with Crippen molar-refractivity contribution in [3.8, 4) is 17.2 Å². The van der Waals surface area contributed by atoms with E-state index in [2.05, 4.69) is 27.5 Å². The van der Waals surface area contributed by atoms with Crippen LogP contribution in [0.25, 0.3) is 27.4 Å². The molecule has 0 aliphatic carbocycles. The Morgan fingerprint density at radius 2 is 1.86 bits per heavy atom. The average molecular weight is 600 g/mol. The Labute approximate surface area is 255 Å². The molecule has 2 saturated heterocycles. The fourth-order valence-corrected chi connectivity index (χ4v) is 6.76. The van der Waals surface area contributed by atoms with Crippen molar-refractivity contribution >= 4 is 33.3 Å². The lowest BCUT2D eigenvalue weighted by Crippen LogP contribution is -2.38. The van der Waals surface area contributed by atoms with E-state index >= 15 is 4.39 Å². The highest BCUT2D eigenvalue weighted by Crippen LogP contribution is 2.46. The van der Waals surface area contributed by atoms with Crippen LogP contribution in [0.2, 0.25) is 0 Å². The smallest absolute Gasteiger partial charge is 0.256 e. The molecule has 1 unspecified atom stereocenters. The Kier molecular flexibility index (Phi) is 7.97. The third-order valence-corrected chi connectivity index (χ3v) is 9.23. The molecule has 230 valence electrons. The molecule has 0 spiro atoms. The summed E-state index contributed by atoms with van der Waals surface area (Å²) in [4.78, 5) is 31.8. The van der Waals surface area contributed by atoms with Gasteiger partial charge in [-0.15, -0.1) is 0 Å². The van der Waals surface area contributed by atoms with E-state index in [0.717, 1.165) is 69.4 Å². The Morgan fingerprint density at radius 1 is 1.07 bits per heavy atom. The SMILES string of the molecule is CN1CCCC1CCNc1c(F)cc2c(=O)c(C(=O)NCCCN3CCOCC3)cn3c2c1Oc1cc2ccccc2cc1-3. The quantitative estimate of drug-likeness (QED) is 0.237. The van der Waals surface area contributed by atoms with Crippen molar-refractivity contribution in [2.24, 2.45) is 0 Å². The number of rotatable bonds is 9. The molecule has 1 aromatic heterocycles. The van der Waals surface area contributed by atoms with Gasteiger partial charge in [-0.05, 0) is 74.8 Å². The summed E-state index contributed by atoms with van der Waals surface area (Å²) in [7, 11) is 2.12. The molecular formula is C34H38FN5O4. The lowest BCUT2D eigenvalue weighted by molar-refractivity contribution is 0.0374. The largest absolute Gasteiger partial charge is 0.451 e. The number of pyridine rings is 1. The molecule has 2 fully saturated rings. The van der Waals surface area contributed by atoms with Gasteiger partial charge >= 0.3 is 0 Å². The number of likely N-dealkylation sites (tertiary alicyclic amines) is 1. The highest BCUT2D eigenvalue weighted by molar-refractivity contribution is 6.02. The zero-order valence-electron chi connectivity index (χ0n) is 25.0. The normalized spacial score (nSPS) is 18.4. The maximum atomic E-state index is 15.9. The molecule has 0 bridgehead atoms. The first-order valence-corrected chi connectivity index (χ1v) is 15.6. The number of halogens is 1. The molecule has 4 aromatic rings. The van der Waals surface area contributed by atoms with Crippen LogP contribution in [0.15, 0.2) is 53.5 Å². The van der Waals surface area contributed by atoms with Crippen LogP contribution >= 0.6 is 0 Å². The van der Waals surface area contributed by atoms with Crippen molar-refractivity contribution in [2.75, 3.05) is 64.8 Å². The van der Waals surface area contributed by atoms with Crippen molar-refractivity contribution < 1.29 is 18.7 Å². The number of benzene rings is 3. The van der Waals surface area contributed by atoms with Gasteiger partial charge in [0.05, 0.1) is 24.3 Å². The third kappa shape index (κ3) is 5.42. The Bertz CT molecular complexity index is 1780. The third-order valence-electron chi connectivity index (χ3n) is 9.23. The number of carbonyl (C=O) groups excluding carboxylic acids is 1. The standard InChI is InChI=1S/C34H38FN5O4/c1-38-12-4-8-24(38)9-11-36-30-27(35)20-25-31-33(30)44-29-19-23-7-3-2-6-22(23)18-28(29)40(31)21-26(32(25)41)34(42)37-10-5-13-39-14-16-43-17-15-39/h2-3,6-7,18-21,24,36H,4-5,8-17H2,1H3,(H,37,42). The first-order chi connectivity index (χ1) is 21.5. The zero-order chi connectivity index (χ0) is 30.2. The van der Waals surface area contributed by atoms with Crippen LogP contribution in [0.4, 0.5) is 10.1 Å². The second-order valence-electron chi connectivity index (χ2n) is 12.0. The first-order valence-electron chi connectivity index (χ1n) is 15.6. The minimum Gasteiger partial charge on any atom is -0.451 e. The van der Waals surface area contributed by atoms with Gasteiger partial charge in [0.15, 0.2) is 17.3 Å². The van der Waals surface area contributed by atoms with Crippen LogP contribution in [0.3, 0.4) is 0 Å². The van der Waals surface area contributed by atoms with Crippen molar-refractivity contribution in [3.63, 3.8) is 0 Å². The summed E-state index contributed by atoms with van der Waals surface area (Å²) in [6.07, 6.45) is 5.49. The van der Waals surface area contributed by atoms with E-state index in [-0.39, 0.29) is 22.4 Å². The monoisotopic (exact) mass is 599 g/mol. The summed E-state index contributed by atoms with van der Waals surface area (Å²) in [5.74, 6) is -0.260. The molecule has 1 atom stereocenters. The summed E-state index contributed by atoms with van der Waals surface area (Å²) in [6.45, 7) is 6.09. The number of amides is 1. The number of hydrogen-bond donors (Lipinski definition) is 2. The fourth-order valence-electron chi connectivity index (χ4n) is 6.76. The molecular weight excluding hydrogens is 561 g/mol. The van der Waals surface area contributed by atoms with E-state index in [0.29, 0.717) is 36.1 Å². The van der Waals surface area contributed by atoms with Gasteiger partial charge in [0.2, 0.25) is 5.43 Å². The highest BCUT2D eigenvalue weighted by atomic mass is 19.1. The van der Waals surface area contributed by atoms with Crippen molar-refractivity contribution in [1.82, 2.24) is 19.7 Å². The number of carbonyl (C=O) groups is 1. The summed E-state index contributed by atoms with van der Waals surface area (Å²) in [5.41, 5.74) is 0.816. The summed E-state index contributed by atoms with van der Waals surface area (Å²) in [5, 5.41) is 8.27. The Morgan fingerprint density at radius 3 is 2.64 bits per heavy atom. The van der Waals surface area contributed by atoms with Gasteiger partial charge in [0.25, 0.3) is 5.91 Å². The van der Waals surface area contributed by atoms with Crippen molar-refractivity contribution in [3.05, 3.63) is 70.3 Å². The van der Waals surface area contributed by atoms with E-state index in [1.54, 1.807) is 6.20 Å². The lowest BCUT2D eigenvalue weighted by Gasteiger charge is -2.27. The van der Waals surface area contributed by atoms with Gasteiger partial charge in [-0.25, -0.2) is 4.39 Å². The molecule has 2 N–H and O–H groups in total. The van der Waals surface area contributed by atoms with Crippen LogP contribution in [0.5, 0.6) is 11.5 Å². The van der Waals surface area contributed by atoms with Gasteiger partial charge in [-0.2, -0.15) is 0 Å². The molecule has 3 aromatic carbocycles. The van der Waals surface area contributed by atoms with Crippen LogP contribution in [0.1, 0.15) is 36.0 Å². The maximum Gasteiger partial charge on any atom is 0.256 e. The second-order valence-corrected chi connectivity index (χ2v) is 12.0. The fraction of sp³-hybridized carbons (Fsp3) is 0.412. The molecule has 3 aliphatic heterocycles. The molecule has 9 nitrogen and oxygen atoms in total. The van der Waals surface area contributed by atoms with Gasteiger partial charge in [-0.1, -0.05) is 24.3 Å². The highest BCUT2D eigenvalue weighted by Gasteiger charge is 2.29. The molecule has 4 heterocycles. The van der Waals surface area contributed by atoms with Crippen molar-refractivity contribution in [2.45, 2.75) is 31.7 Å². The Hall–Kier alpha value is -3.99. The van der Waals surface area contributed by atoms with Gasteiger partial charge < -0.3 is 29.6 Å². The van der Waals surface area contributed by atoms with E-state index in [1.165, 1.54) is 12.5 Å². The minimum atomic E-state index is -0.580. The van der Waals surface area contributed by atoms with Crippen LogP contribution in [-0.4, -0.2) is 85.8 Å². The number of anilines is 1. The predicted octanol–water partition coefficient (Wildman–Crippen LogP) is 4.74. The van der Waals surface area contributed by atoms with Gasteiger partial charge in [0, 0.05) is 38.4 Å². The van der Waals surface area contributed by atoms with E-state index in [4.69, 9.17) is 9.47 Å². The van der Waals surface area contributed by atoms with Crippen LogP contribution < -0.4 is 20.8 Å². The molecule has 0 radical (unpaired) electrons. The predicted molar refractivity (Wildman–Crippen MR) is 170 cm³/mol. The van der Waals surface area contributed by atoms with Crippen LogP contribution in [-0.2, 0) is 4.74 Å². The minimum absolute atomic E-state index is 0.0276. The number of fused-ring (bicyclic) bond motifs is 3. The van der Waals surface area contributed by atoms with Gasteiger partial charge in [0.1, 0.15) is 16.8 Å². The maximum absolute atomic E-state index is 15.9. The number of hydrogen-bond acceptors (Lipinski definition) is 7. The summed E-state index contributed by atoms with van der Waals surface area (Å²) in [6, 6.07) is 13.5. The number of aromatic nitrogens is 1. The molecule has 1 amide bonds. The van der Waals surface area contributed by atoms with Crippen molar-refractivity contribution in [1.29, 1.82) is 0 Å². The number of morpholine rings is 1. The molecule has 10 heteroatoms. The summed E-state index contributed by atoms with van der Waals surface area (Å²) < 4.78 is 29.5. The molecule has 0 saturated carbocycles. The van der Waals surface area contributed by atoms with E-state index in [1.807, 2.05) is 41.0 Å². The number of ether oxygens (including phenoxy) is 2. The Balaban J connectivity index is 1.24. The average Bonchev–Trinajstić information content (AvgIpc) is 3.45. The molecule has 3 aliphatic rings. The van der Waals surface area contributed by atoms with E-state index in [9.17, 15) is 9.59 Å². The molecule has 44 heavy (non-hydrogen) atoms. The first kappa shape index (κ1) is 28.8. The summed E-state index contributed by atoms with van der Waals surface area (Å²) >= 11 is 0. The second kappa shape index (κ2) is 12.2. The number of nitrogens with zero attached hydrogens (tertiary/aromatic N) is 3. The number of nitrogens with one attached hydrogen (secondary N) is 2. The van der Waals surface area contributed by atoms with E-state index < -0.39 is 17.2 Å². The molecule has 7 rings (SSSR count).